The van der Waals surface area contributed by atoms with Crippen LogP contribution in [-0.2, 0) is 17.7 Å². The second-order valence-corrected chi connectivity index (χ2v) is 37.9. The van der Waals surface area contributed by atoms with Gasteiger partial charge in [-0.05, 0) is 0 Å². The molecular weight excluding hydrogens is 520 g/mol. The van der Waals surface area contributed by atoms with Crippen molar-refractivity contribution in [3.63, 3.8) is 0 Å². The van der Waals surface area contributed by atoms with E-state index < -0.39 is 17.7 Å². The van der Waals surface area contributed by atoms with Gasteiger partial charge >= 0.3 is 150 Å². The molecule has 2 aliphatic rings. The summed E-state index contributed by atoms with van der Waals surface area (Å²) >= 11 is 2.49. The van der Waals surface area contributed by atoms with E-state index in [0.717, 1.165) is 5.75 Å². The summed E-state index contributed by atoms with van der Waals surface area (Å²) < 4.78 is 12.0. The Bertz CT molecular complexity index is 805. The Hall–Kier alpha value is 1.17. The SMILES string of the molecule is CC(C)(C)[NH][Zr]([CH3])([CH3])(=[SiH2])[C]1=C2SCC=C2c2ccc(Br)cc21.Cl.Cl. The number of rotatable bonds is 2. The molecule has 24 heavy (non-hydrogen) atoms. The van der Waals surface area contributed by atoms with Crippen LogP contribution in [0.4, 0.5) is 0 Å². The summed E-state index contributed by atoms with van der Waals surface area (Å²) in [6.45, 7) is 9.15. The van der Waals surface area contributed by atoms with Crippen molar-refractivity contribution in [3.8, 4) is 0 Å². The third-order valence-corrected chi connectivity index (χ3v) is 18.3. The predicted molar refractivity (Wildman–Crippen MR) is 119 cm³/mol. The minimum Gasteiger partial charge on any atom is -0.147 e. The number of thioether (sulfide) groups is 1. The van der Waals surface area contributed by atoms with Crippen molar-refractivity contribution >= 4 is 68.2 Å². The molecule has 7 heteroatoms. The van der Waals surface area contributed by atoms with Crippen molar-refractivity contribution in [2.24, 2.45) is 0 Å². The molecule has 0 unspecified atom stereocenters. The molecule has 0 saturated heterocycles. The van der Waals surface area contributed by atoms with Crippen LogP contribution >= 0.6 is 52.5 Å². The zero-order valence-corrected chi connectivity index (χ0v) is 22.7. The van der Waals surface area contributed by atoms with Gasteiger partial charge < -0.3 is 0 Å². The van der Waals surface area contributed by atoms with Gasteiger partial charge in [0.05, 0.1) is 0 Å². The summed E-state index contributed by atoms with van der Waals surface area (Å²) in [5.74, 6) is 1.12. The fraction of sp³-hybridized carbons (Fsp3) is 0.412. The van der Waals surface area contributed by atoms with E-state index in [4.69, 9.17) is 0 Å². The van der Waals surface area contributed by atoms with E-state index in [1.54, 1.807) is 8.19 Å². The molecule has 0 atom stereocenters. The number of allylic oxidation sites excluding steroid dienone is 1. The molecule has 0 fully saturated rings. The van der Waals surface area contributed by atoms with Crippen LogP contribution in [0.5, 0.6) is 0 Å². The molecule has 1 aromatic rings. The Morgan fingerprint density at radius 2 is 1.79 bits per heavy atom. The van der Waals surface area contributed by atoms with Crippen molar-refractivity contribution in [1.29, 1.82) is 0 Å². The number of hydrogen-bond donors (Lipinski definition) is 1. The zero-order valence-electron chi connectivity index (χ0n) is 14.8. The van der Waals surface area contributed by atoms with Crippen LogP contribution in [0.3, 0.4) is 0 Å². The van der Waals surface area contributed by atoms with Crippen LogP contribution in [0.15, 0.2) is 33.7 Å². The van der Waals surface area contributed by atoms with Gasteiger partial charge in [0.25, 0.3) is 0 Å². The number of hydrogen-bond acceptors (Lipinski definition) is 2. The maximum Gasteiger partial charge on any atom is -0.147 e. The van der Waals surface area contributed by atoms with E-state index in [0.29, 0.717) is 0 Å². The molecule has 0 saturated carbocycles. The molecular formula is C17H26BrCl2NSSiZr. The molecule has 0 spiro atoms. The Morgan fingerprint density at radius 3 is 2.38 bits per heavy atom. The van der Waals surface area contributed by atoms with Crippen LogP contribution in [0.1, 0.15) is 31.9 Å². The van der Waals surface area contributed by atoms with E-state index >= 15 is 0 Å². The number of nitrogens with one attached hydrogen (secondary N) is 1. The topological polar surface area (TPSA) is 12.0 Å². The first kappa shape index (κ1) is 23.2. The minimum atomic E-state index is -3.20. The number of fused-ring (bicyclic) bond motifs is 3. The van der Waals surface area contributed by atoms with Crippen LogP contribution in [0.2, 0.25) is 9.26 Å². The summed E-state index contributed by atoms with van der Waals surface area (Å²) in [6.07, 6.45) is 2.41. The van der Waals surface area contributed by atoms with Gasteiger partial charge in [-0.15, -0.1) is 24.8 Å². The van der Waals surface area contributed by atoms with E-state index in [1.807, 2.05) is 11.8 Å². The van der Waals surface area contributed by atoms with Crippen LogP contribution in [-0.4, -0.2) is 18.2 Å². The van der Waals surface area contributed by atoms with Crippen molar-refractivity contribution in [3.05, 3.63) is 44.8 Å². The first-order chi connectivity index (χ1) is 9.96. The summed E-state index contributed by atoms with van der Waals surface area (Å²) in [5.41, 5.74) is 4.52. The summed E-state index contributed by atoms with van der Waals surface area (Å²) in [6, 6.07) is 6.79. The van der Waals surface area contributed by atoms with Crippen molar-refractivity contribution in [2.75, 3.05) is 5.75 Å². The standard InChI is InChI=1S/C11H6BrS.C4H10N.2CH3.2ClH.H2Si.Zr/c12-8-1-2-9-7(5-8)6-11-10(9)3-4-13-11;1-4(2,3)5;;;;;;/h1-3,5H,4H2;5H,1-3H3;2*1H3;2*1H;1H2;/q;-1;;;;;;+1. The fourth-order valence-electron chi connectivity index (χ4n) is 3.96. The normalized spacial score (nSPS) is 16.9. The van der Waals surface area contributed by atoms with Crippen LogP contribution < -0.4 is 3.26 Å². The minimum absolute atomic E-state index is 0. The molecule has 1 nitrogen and oxygen atoms in total. The maximum absolute atomic E-state index is 4.10. The molecule has 1 N–H and O–H groups in total. The summed E-state index contributed by atoms with van der Waals surface area (Å²) in [5, 5.41) is 0. The largest absolute Gasteiger partial charge is 0.147 e. The Labute approximate surface area is 173 Å². The zero-order chi connectivity index (χ0) is 16.4. The molecule has 0 bridgehead atoms. The second kappa shape index (κ2) is 7.30. The van der Waals surface area contributed by atoms with Crippen molar-refractivity contribution < 1.29 is 17.7 Å². The number of benzene rings is 1. The van der Waals surface area contributed by atoms with Gasteiger partial charge in [-0.2, -0.15) is 0 Å². The smallest absolute Gasteiger partial charge is 0.147 e. The molecule has 1 aromatic carbocycles. The van der Waals surface area contributed by atoms with Gasteiger partial charge in [-0.3, -0.25) is 0 Å². The van der Waals surface area contributed by atoms with E-state index in [9.17, 15) is 0 Å². The van der Waals surface area contributed by atoms with Crippen LogP contribution in [0, 0.1) is 0 Å². The van der Waals surface area contributed by atoms with Crippen LogP contribution in [0.25, 0.3) is 8.85 Å². The monoisotopic (exact) mass is 543 g/mol. The molecule has 1 heterocycles. The molecule has 1 aliphatic heterocycles. The van der Waals surface area contributed by atoms with Gasteiger partial charge in [-0.25, -0.2) is 0 Å². The summed E-state index contributed by atoms with van der Waals surface area (Å²) in [4.78, 5) is 1.55. The van der Waals surface area contributed by atoms with Gasteiger partial charge in [-0.1, -0.05) is 0 Å². The Balaban J connectivity index is 0.00000144. The van der Waals surface area contributed by atoms with Crippen molar-refractivity contribution in [1.82, 2.24) is 3.26 Å². The Morgan fingerprint density at radius 1 is 1.17 bits per heavy atom. The average Bonchev–Trinajstić information content (AvgIpc) is 2.82. The van der Waals surface area contributed by atoms with E-state index in [2.05, 4.69) is 80.4 Å². The predicted octanol–water partition coefficient (Wildman–Crippen LogP) is 5.74. The maximum atomic E-state index is 4.10. The van der Waals surface area contributed by atoms with E-state index in [-0.39, 0.29) is 30.4 Å². The van der Waals surface area contributed by atoms with Gasteiger partial charge in [0.2, 0.25) is 0 Å². The van der Waals surface area contributed by atoms with Gasteiger partial charge in [0.15, 0.2) is 0 Å². The Kier molecular flexibility index (Phi) is 7.06. The summed E-state index contributed by atoms with van der Waals surface area (Å²) in [7, 11) is 0. The van der Waals surface area contributed by atoms with Crippen molar-refractivity contribution in [2.45, 2.75) is 35.6 Å². The second-order valence-electron chi connectivity index (χ2n) is 8.38. The van der Waals surface area contributed by atoms with Gasteiger partial charge in [0, 0.05) is 0 Å². The van der Waals surface area contributed by atoms with Gasteiger partial charge in [0.1, 0.15) is 0 Å². The molecule has 0 aromatic heterocycles. The first-order valence-electron chi connectivity index (χ1n) is 7.72. The van der Waals surface area contributed by atoms with E-state index in [1.165, 1.54) is 21.2 Å². The fourth-order valence-corrected chi connectivity index (χ4v) is 24.8. The molecule has 3 rings (SSSR count). The molecule has 0 radical (unpaired) electrons. The third-order valence-electron chi connectivity index (χ3n) is 4.11. The first-order valence-corrected chi connectivity index (χ1v) is 22.8. The molecule has 1 aliphatic carbocycles. The average molecular weight is 547 g/mol. The third kappa shape index (κ3) is 4.35. The number of halogens is 3. The quantitative estimate of drug-likeness (QED) is 0.475. The molecule has 0 amide bonds. The molecule has 134 valence electrons.